The number of nitrogens with zero attached hydrogens (tertiary/aromatic N) is 1. The van der Waals surface area contributed by atoms with Crippen molar-refractivity contribution in [2.75, 3.05) is 32.6 Å². The molecule has 1 fully saturated rings. The fraction of sp³-hybridized carbons (Fsp3) is 0.348. The van der Waals surface area contributed by atoms with Crippen LogP contribution >= 0.6 is 15.9 Å². The van der Waals surface area contributed by atoms with E-state index < -0.39 is 0 Å². The lowest BCUT2D eigenvalue weighted by Crippen LogP contribution is -3.00. The van der Waals surface area contributed by atoms with Crippen molar-refractivity contribution in [3.05, 3.63) is 70.2 Å². The molecule has 4 nitrogen and oxygen atoms in total. The van der Waals surface area contributed by atoms with Crippen LogP contribution in [0.15, 0.2) is 59.1 Å². The summed E-state index contributed by atoms with van der Waals surface area (Å²) in [6.45, 7) is 2.71. The molecule has 2 aromatic rings. The Morgan fingerprint density at radius 3 is 2.34 bits per heavy atom. The van der Waals surface area contributed by atoms with Crippen molar-refractivity contribution in [3.8, 4) is 0 Å². The third kappa shape index (κ3) is 7.27. The minimum absolute atomic E-state index is 0. The first-order valence-electron chi connectivity index (χ1n) is 9.66. The molecule has 0 atom stereocenters. The highest BCUT2D eigenvalue weighted by atomic mass is 79.9. The summed E-state index contributed by atoms with van der Waals surface area (Å²) in [6, 6.07) is 16.6. The number of ether oxygens (including phenoxy) is 1. The smallest absolute Gasteiger partial charge is 0.248 e. The molecule has 0 radical (unpaired) electrons. The zero-order valence-electron chi connectivity index (χ0n) is 16.9. The van der Waals surface area contributed by atoms with Gasteiger partial charge in [0.25, 0.3) is 0 Å². The van der Waals surface area contributed by atoms with E-state index in [-0.39, 0.29) is 18.3 Å². The first kappa shape index (κ1) is 23.6. The van der Waals surface area contributed by atoms with Crippen LogP contribution in [0.1, 0.15) is 24.0 Å². The van der Waals surface area contributed by atoms with E-state index in [0.717, 1.165) is 52.8 Å². The largest absolute Gasteiger partial charge is 1.00 e. The van der Waals surface area contributed by atoms with Gasteiger partial charge in [-0.25, -0.2) is 0 Å². The highest BCUT2D eigenvalue weighted by molar-refractivity contribution is 9.10. The van der Waals surface area contributed by atoms with Crippen molar-refractivity contribution in [1.29, 1.82) is 0 Å². The Hall–Kier alpha value is -1.66. The second kappa shape index (κ2) is 10.9. The standard InChI is InChI=1S/C23H27BrN2O2.ClH/c1-26(2,22-13-15-28-16-14-22)17-19-5-10-21(11-6-19)25-23(27)12-7-18-3-8-20(24)9-4-18;/h3-12,22H,13-17H2,1-2H3;1H. The molecule has 1 aliphatic heterocycles. The van der Waals surface area contributed by atoms with Gasteiger partial charge >= 0.3 is 0 Å². The molecule has 6 heteroatoms. The Bertz CT molecular complexity index is 814. The van der Waals surface area contributed by atoms with Gasteiger partial charge in [0.2, 0.25) is 5.91 Å². The first-order valence-corrected chi connectivity index (χ1v) is 10.5. The van der Waals surface area contributed by atoms with Crippen LogP contribution in [0.4, 0.5) is 5.69 Å². The summed E-state index contributed by atoms with van der Waals surface area (Å²) in [5, 5.41) is 2.92. The summed E-state index contributed by atoms with van der Waals surface area (Å²) in [5.41, 5.74) is 3.08. The Morgan fingerprint density at radius 2 is 1.72 bits per heavy atom. The predicted octanol–water partition coefficient (Wildman–Crippen LogP) is 1.86. The monoisotopic (exact) mass is 478 g/mol. The van der Waals surface area contributed by atoms with E-state index in [1.165, 1.54) is 5.56 Å². The maximum atomic E-state index is 12.2. The topological polar surface area (TPSA) is 38.3 Å². The number of hydrogen-bond donors (Lipinski definition) is 1. The SMILES string of the molecule is C[N+](C)(Cc1ccc(NC(=O)C=Cc2ccc(Br)cc2)cc1)C1CCOCC1.[Cl-]. The summed E-state index contributed by atoms with van der Waals surface area (Å²) >= 11 is 3.41. The maximum Gasteiger partial charge on any atom is 0.248 e. The number of nitrogens with one attached hydrogen (secondary N) is 1. The van der Waals surface area contributed by atoms with Crippen LogP contribution in [0, 0.1) is 0 Å². The van der Waals surface area contributed by atoms with E-state index in [9.17, 15) is 4.79 Å². The number of carbonyl (C=O) groups is 1. The van der Waals surface area contributed by atoms with Gasteiger partial charge in [-0.05, 0) is 35.9 Å². The van der Waals surface area contributed by atoms with E-state index in [1.807, 2.05) is 42.5 Å². The molecule has 1 saturated heterocycles. The number of anilines is 1. The Labute approximate surface area is 188 Å². The predicted molar refractivity (Wildman–Crippen MR) is 118 cm³/mol. The average Bonchev–Trinajstić information content (AvgIpc) is 2.69. The molecule has 0 unspecified atom stereocenters. The van der Waals surface area contributed by atoms with Crippen LogP contribution in [0.2, 0.25) is 0 Å². The first-order chi connectivity index (χ1) is 13.4. The average molecular weight is 480 g/mol. The van der Waals surface area contributed by atoms with Crippen molar-refractivity contribution >= 4 is 33.6 Å². The van der Waals surface area contributed by atoms with E-state index in [0.29, 0.717) is 6.04 Å². The fourth-order valence-electron chi connectivity index (χ4n) is 3.61. The van der Waals surface area contributed by atoms with E-state index >= 15 is 0 Å². The molecule has 1 aliphatic rings. The lowest BCUT2D eigenvalue weighted by atomic mass is 10.0. The molecule has 0 spiro atoms. The van der Waals surface area contributed by atoms with Crippen molar-refractivity contribution < 1.29 is 26.4 Å². The summed E-state index contributed by atoms with van der Waals surface area (Å²) in [5.74, 6) is -0.131. The third-order valence-corrected chi connectivity index (χ3v) is 5.82. The molecule has 3 rings (SSSR count). The molecule has 0 bridgehead atoms. The molecule has 1 N–H and O–H groups in total. The molecule has 0 aliphatic carbocycles. The Kier molecular flexibility index (Phi) is 8.90. The molecule has 0 saturated carbocycles. The number of halogens is 2. The summed E-state index contributed by atoms with van der Waals surface area (Å²) in [6.07, 6.45) is 5.60. The molecule has 156 valence electrons. The molecule has 2 aromatic carbocycles. The molecule has 0 aromatic heterocycles. The molecular formula is C23H28BrClN2O2. The number of rotatable bonds is 6. The molecule has 29 heavy (non-hydrogen) atoms. The van der Waals surface area contributed by atoms with Gasteiger partial charge in [-0.1, -0.05) is 40.2 Å². The normalized spacial score (nSPS) is 15.1. The van der Waals surface area contributed by atoms with Crippen LogP contribution in [-0.4, -0.2) is 43.7 Å². The minimum atomic E-state index is -0.131. The van der Waals surface area contributed by atoms with E-state index in [4.69, 9.17) is 4.74 Å². The minimum Gasteiger partial charge on any atom is -1.00 e. The highest BCUT2D eigenvalue weighted by Gasteiger charge is 2.30. The zero-order chi connectivity index (χ0) is 20.0. The summed E-state index contributed by atoms with van der Waals surface area (Å²) in [7, 11) is 4.58. The van der Waals surface area contributed by atoms with Gasteiger partial charge in [0.15, 0.2) is 0 Å². The van der Waals surface area contributed by atoms with Crippen molar-refractivity contribution in [3.63, 3.8) is 0 Å². The quantitative estimate of drug-likeness (QED) is 0.507. The second-order valence-corrected chi connectivity index (χ2v) is 8.77. The van der Waals surface area contributed by atoms with Gasteiger partial charge in [-0.2, -0.15) is 0 Å². The number of hydrogen-bond acceptors (Lipinski definition) is 2. The van der Waals surface area contributed by atoms with Gasteiger partial charge in [0.1, 0.15) is 6.54 Å². The zero-order valence-corrected chi connectivity index (χ0v) is 19.2. The number of amides is 1. The van der Waals surface area contributed by atoms with Crippen LogP contribution in [-0.2, 0) is 16.1 Å². The Morgan fingerprint density at radius 1 is 1.10 bits per heavy atom. The van der Waals surface area contributed by atoms with Gasteiger partial charge in [-0.3, -0.25) is 4.79 Å². The maximum absolute atomic E-state index is 12.2. The van der Waals surface area contributed by atoms with Crippen molar-refractivity contribution in [1.82, 2.24) is 0 Å². The fourth-order valence-corrected chi connectivity index (χ4v) is 3.87. The number of carbonyl (C=O) groups excluding carboxylic acids is 1. The van der Waals surface area contributed by atoms with Gasteiger partial charge in [0, 0.05) is 34.6 Å². The molecule has 1 amide bonds. The number of quaternary nitrogens is 1. The van der Waals surface area contributed by atoms with Gasteiger partial charge in [-0.15, -0.1) is 0 Å². The van der Waals surface area contributed by atoms with Crippen LogP contribution < -0.4 is 17.7 Å². The second-order valence-electron chi connectivity index (χ2n) is 7.85. The van der Waals surface area contributed by atoms with E-state index in [2.05, 4.69) is 47.5 Å². The molecular weight excluding hydrogens is 452 g/mol. The summed E-state index contributed by atoms with van der Waals surface area (Å²) < 4.78 is 7.48. The lowest BCUT2D eigenvalue weighted by molar-refractivity contribution is -0.929. The van der Waals surface area contributed by atoms with E-state index in [1.54, 1.807) is 6.08 Å². The Balaban J connectivity index is 0.00000300. The molecule has 1 heterocycles. The van der Waals surface area contributed by atoms with Crippen LogP contribution in [0.25, 0.3) is 6.08 Å². The van der Waals surface area contributed by atoms with Gasteiger partial charge < -0.3 is 26.9 Å². The third-order valence-electron chi connectivity index (χ3n) is 5.29. The summed E-state index contributed by atoms with van der Waals surface area (Å²) in [4.78, 5) is 12.2. The van der Waals surface area contributed by atoms with Crippen molar-refractivity contribution in [2.45, 2.75) is 25.4 Å². The van der Waals surface area contributed by atoms with Crippen LogP contribution in [0.3, 0.4) is 0 Å². The number of benzene rings is 2. The van der Waals surface area contributed by atoms with Gasteiger partial charge in [0.05, 0.1) is 33.4 Å². The van der Waals surface area contributed by atoms with Crippen LogP contribution in [0.5, 0.6) is 0 Å². The lowest BCUT2D eigenvalue weighted by Gasteiger charge is -2.40. The van der Waals surface area contributed by atoms with Crippen molar-refractivity contribution in [2.24, 2.45) is 0 Å². The highest BCUT2D eigenvalue weighted by Crippen LogP contribution is 2.23.